The molecule has 0 radical (unpaired) electrons. The van der Waals surface area contributed by atoms with Crippen LogP contribution in [0.25, 0.3) is 0 Å². The zero-order chi connectivity index (χ0) is 13.1. The number of methoxy groups -OCH3 is 1. The summed E-state index contributed by atoms with van der Waals surface area (Å²) in [5, 5.41) is 3.22. The van der Waals surface area contributed by atoms with E-state index in [1.165, 1.54) is 19.2 Å². The van der Waals surface area contributed by atoms with E-state index in [4.69, 9.17) is 4.74 Å². The van der Waals surface area contributed by atoms with E-state index in [0.717, 1.165) is 26.2 Å². The van der Waals surface area contributed by atoms with E-state index in [9.17, 15) is 8.78 Å². The molecular formula is C13H19ClF2N2O. The molecule has 1 aromatic rings. The minimum absolute atomic E-state index is 0. The van der Waals surface area contributed by atoms with E-state index in [1.807, 2.05) is 6.92 Å². The Morgan fingerprint density at radius 2 is 1.74 bits per heavy atom. The van der Waals surface area contributed by atoms with Crippen molar-refractivity contribution in [3.8, 4) is 5.75 Å². The highest BCUT2D eigenvalue weighted by Crippen LogP contribution is 2.29. The van der Waals surface area contributed by atoms with Crippen LogP contribution < -0.4 is 10.1 Å². The number of hydrogen-bond donors (Lipinski definition) is 1. The molecule has 1 saturated heterocycles. The number of nitrogens with zero attached hydrogens (tertiary/aromatic N) is 1. The minimum atomic E-state index is -0.544. The van der Waals surface area contributed by atoms with Crippen molar-refractivity contribution >= 4 is 12.4 Å². The Hall–Kier alpha value is -0.910. The van der Waals surface area contributed by atoms with Crippen LogP contribution in [-0.4, -0.2) is 38.2 Å². The predicted molar refractivity (Wildman–Crippen MR) is 73.0 cm³/mol. The van der Waals surface area contributed by atoms with Crippen LogP contribution in [0.1, 0.15) is 18.5 Å². The van der Waals surface area contributed by atoms with E-state index in [1.54, 1.807) is 0 Å². The second-order valence-corrected chi connectivity index (χ2v) is 4.47. The van der Waals surface area contributed by atoms with Crippen LogP contribution in [0.2, 0.25) is 0 Å². The van der Waals surface area contributed by atoms with Crippen LogP contribution in [0.3, 0.4) is 0 Å². The maximum Gasteiger partial charge on any atom is 0.134 e. The number of ether oxygens (including phenoxy) is 1. The average molecular weight is 293 g/mol. The summed E-state index contributed by atoms with van der Waals surface area (Å²) in [7, 11) is 1.40. The third-order valence-corrected chi connectivity index (χ3v) is 3.41. The standard InChI is InChI=1S/C13H18F2N2O.ClH/c1-9(17-5-3-16-4-6-17)13-11(14)7-10(18-2)8-12(13)15;/h7-9,16H,3-6H2,1-2H3;1H/t9-;/m1./s1. The second-order valence-electron chi connectivity index (χ2n) is 4.47. The molecule has 1 aliphatic rings. The molecule has 1 atom stereocenters. The molecule has 0 aromatic heterocycles. The Labute approximate surface area is 118 Å². The highest BCUT2D eigenvalue weighted by molar-refractivity contribution is 5.85. The van der Waals surface area contributed by atoms with Gasteiger partial charge in [-0.15, -0.1) is 12.4 Å². The van der Waals surface area contributed by atoms with Crippen molar-refractivity contribution in [3.05, 3.63) is 29.3 Å². The van der Waals surface area contributed by atoms with Gasteiger partial charge in [0.05, 0.1) is 7.11 Å². The van der Waals surface area contributed by atoms with Gasteiger partial charge in [0.25, 0.3) is 0 Å². The Morgan fingerprint density at radius 1 is 1.21 bits per heavy atom. The van der Waals surface area contributed by atoms with Gasteiger partial charge in [-0.25, -0.2) is 8.78 Å². The van der Waals surface area contributed by atoms with Crippen LogP contribution >= 0.6 is 12.4 Å². The molecule has 3 nitrogen and oxygen atoms in total. The number of hydrogen-bond acceptors (Lipinski definition) is 3. The number of halogens is 3. The minimum Gasteiger partial charge on any atom is -0.497 e. The van der Waals surface area contributed by atoms with Crippen molar-refractivity contribution in [2.24, 2.45) is 0 Å². The van der Waals surface area contributed by atoms with Gasteiger partial charge < -0.3 is 10.1 Å². The normalized spacial score (nSPS) is 17.7. The van der Waals surface area contributed by atoms with Gasteiger partial charge in [-0.1, -0.05) is 0 Å². The van der Waals surface area contributed by atoms with Crippen LogP contribution in [0.5, 0.6) is 5.75 Å². The van der Waals surface area contributed by atoms with Gasteiger partial charge in [0.2, 0.25) is 0 Å². The molecule has 1 fully saturated rings. The summed E-state index contributed by atoms with van der Waals surface area (Å²) < 4.78 is 32.7. The molecule has 6 heteroatoms. The topological polar surface area (TPSA) is 24.5 Å². The van der Waals surface area contributed by atoms with Crippen molar-refractivity contribution in [2.75, 3.05) is 33.3 Å². The molecule has 0 saturated carbocycles. The molecule has 0 amide bonds. The summed E-state index contributed by atoms with van der Waals surface area (Å²) in [4.78, 5) is 2.07. The maximum atomic E-state index is 13.9. The first-order valence-corrected chi connectivity index (χ1v) is 6.11. The third-order valence-electron chi connectivity index (χ3n) is 3.41. The number of benzene rings is 1. The molecule has 0 unspecified atom stereocenters. The Bertz CT molecular complexity index is 402. The van der Waals surface area contributed by atoms with Crippen molar-refractivity contribution < 1.29 is 13.5 Å². The lowest BCUT2D eigenvalue weighted by molar-refractivity contribution is 0.178. The van der Waals surface area contributed by atoms with Crippen LogP contribution in [-0.2, 0) is 0 Å². The van der Waals surface area contributed by atoms with Gasteiger partial charge in [0.15, 0.2) is 0 Å². The van der Waals surface area contributed by atoms with E-state index in [2.05, 4.69) is 10.2 Å². The summed E-state index contributed by atoms with van der Waals surface area (Å²) in [5.74, 6) is -0.878. The average Bonchev–Trinajstić information content (AvgIpc) is 2.38. The lowest BCUT2D eigenvalue weighted by Gasteiger charge is -2.33. The molecule has 0 aliphatic carbocycles. The summed E-state index contributed by atoms with van der Waals surface area (Å²) in [6.07, 6.45) is 0. The van der Waals surface area contributed by atoms with Gasteiger partial charge in [-0.2, -0.15) is 0 Å². The van der Waals surface area contributed by atoms with Crippen molar-refractivity contribution in [1.29, 1.82) is 0 Å². The zero-order valence-electron chi connectivity index (χ0n) is 11.1. The summed E-state index contributed by atoms with van der Waals surface area (Å²) in [5.41, 5.74) is 0.123. The van der Waals surface area contributed by atoms with E-state index >= 15 is 0 Å². The second kappa shape index (κ2) is 7.03. The molecule has 1 aliphatic heterocycles. The highest BCUT2D eigenvalue weighted by atomic mass is 35.5. The zero-order valence-corrected chi connectivity index (χ0v) is 11.9. The SMILES string of the molecule is COc1cc(F)c([C@@H](C)N2CCNCC2)c(F)c1.Cl. The lowest BCUT2D eigenvalue weighted by atomic mass is 10.0. The summed E-state index contributed by atoms with van der Waals surface area (Å²) in [6.45, 7) is 5.13. The van der Waals surface area contributed by atoms with Crippen molar-refractivity contribution in [3.63, 3.8) is 0 Å². The van der Waals surface area contributed by atoms with E-state index in [0.29, 0.717) is 0 Å². The fourth-order valence-corrected chi connectivity index (χ4v) is 2.33. The Morgan fingerprint density at radius 3 is 2.21 bits per heavy atom. The molecular weight excluding hydrogens is 274 g/mol. The van der Waals surface area contributed by atoms with Crippen LogP contribution in [0.4, 0.5) is 8.78 Å². The first-order chi connectivity index (χ1) is 8.63. The van der Waals surface area contributed by atoms with Gasteiger partial charge in [-0.05, 0) is 6.92 Å². The first kappa shape index (κ1) is 16.1. The lowest BCUT2D eigenvalue weighted by Crippen LogP contribution is -2.44. The van der Waals surface area contributed by atoms with Gasteiger partial charge in [0, 0.05) is 49.9 Å². The smallest absolute Gasteiger partial charge is 0.134 e. The number of nitrogens with one attached hydrogen (secondary N) is 1. The maximum absolute atomic E-state index is 13.9. The molecule has 2 rings (SSSR count). The van der Waals surface area contributed by atoms with Crippen molar-refractivity contribution in [1.82, 2.24) is 10.2 Å². The quantitative estimate of drug-likeness (QED) is 0.926. The van der Waals surface area contributed by atoms with Crippen LogP contribution in [0, 0.1) is 11.6 Å². The molecule has 1 heterocycles. The summed E-state index contributed by atoms with van der Waals surface area (Å²) in [6, 6.07) is 2.20. The molecule has 19 heavy (non-hydrogen) atoms. The van der Waals surface area contributed by atoms with Gasteiger partial charge in [-0.3, -0.25) is 4.90 Å². The molecule has 108 valence electrons. The van der Waals surface area contributed by atoms with E-state index < -0.39 is 11.6 Å². The number of piperazine rings is 1. The highest BCUT2D eigenvalue weighted by Gasteiger charge is 2.24. The monoisotopic (exact) mass is 292 g/mol. The molecule has 1 aromatic carbocycles. The van der Waals surface area contributed by atoms with Crippen molar-refractivity contribution in [2.45, 2.75) is 13.0 Å². The van der Waals surface area contributed by atoms with Gasteiger partial charge >= 0.3 is 0 Å². The molecule has 0 spiro atoms. The fraction of sp³-hybridized carbons (Fsp3) is 0.538. The fourth-order valence-electron chi connectivity index (χ4n) is 2.33. The Kier molecular flexibility index (Phi) is 5.97. The largest absolute Gasteiger partial charge is 0.497 e. The number of rotatable bonds is 3. The molecule has 0 bridgehead atoms. The van der Waals surface area contributed by atoms with Gasteiger partial charge in [0.1, 0.15) is 17.4 Å². The van der Waals surface area contributed by atoms with Crippen LogP contribution in [0.15, 0.2) is 12.1 Å². The predicted octanol–water partition coefficient (Wildman–Crippen LogP) is 2.36. The summed E-state index contributed by atoms with van der Waals surface area (Å²) >= 11 is 0. The third kappa shape index (κ3) is 3.55. The first-order valence-electron chi connectivity index (χ1n) is 6.11. The Balaban J connectivity index is 0.00000180. The molecule has 1 N–H and O–H groups in total. The van der Waals surface area contributed by atoms with E-state index in [-0.39, 0.29) is 29.8 Å².